The fourth-order valence-corrected chi connectivity index (χ4v) is 3.61. The van der Waals surface area contributed by atoms with Gasteiger partial charge in [0, 0.05) is 5.56 Å². The molecular weight excluding hydrogens is 302 g/mol. The van der Waals surface area contributed by atoms with Crippen LogP contribution in [0.3, 0.4) is 0 Å². The number of rotatable bonds is 3. The summed E-state index contributed by atoms with van der Waals surface area (Å²) in [5, 5.41) is 3.11. The zero-order chi connectivity index (χ0) is 15.6. The Balaban J connectivity index is 1.80. The molecule has 0 spiro atoms. The first kappa shape index (κ1) is 13.9. The summed E-state index contributed by atoms with van der Waals surface area (Å²) in [7, 11) is 0. The molecule has 3 nitrogen and oxygen atoms in total. The highest BCUT2D eigenvalue weighted by molar-refractivity contribution is 7.05. The van der Waals surface area contributed by atoms with Gasteiger partial charge in [-0.15, -0.1) is 0 Å². The minimum absolute atomic E-state index is 0.587. The van der Waals surface area contributed by atoms with E-state index in [4.69, 9.17) is 5.73 Å². The van der Waals surface area contributed by atoms with Crippen molar-refractivity contribution in [2.75, 3.05) is 5.73 Å². The first-order valence-corrected chi connectivity index (χ1v) is 8.27. The van der Waals surface area contributed by atoms with Crippen molar-refractivity contribution in [3.8, 4) is 11.4 Å². The maximum atomic E-state index is 5.97. The lowest BCUT2D eigenvalue weighted by Crippen LogP contribution is -2.32. The molecule has 0 atom stereocenters. The highest BCUT2D eigenvalue weighted by atomic mass is 32.1. The van der Waals surface area contributed by atoms with Crippen LogP contribution in [0.4, 0.5) is 5.13 Å². The third kappa shape index (κ3) is 2.69. The van der Waals surface area contributed by atoms with E-state index in [9.17, 15) is 0 Å². The van der Waals surface area contributed by atoms with Crippen molar-refractivity contribution in [2.45, 2.75) is 6.54 Å². The normalized spacial score (nSPS) is 11.0. The van der Waals surface area contributed by atoms with Gasteiger partial charge in [-0.3, -0.25) is 0 Å². The van der Waals surface area contributed by atoms with Crippen molar-refractivity contribution in [3.05, 3.63) is 78.4 Å². The summed E-state index contributed by atoms with van der Waals surface area (Å²) in [4.78, 5) is 4.52. The van der Waals surface area contributed by atoms with Gasteiger partial charge >= 0.3 is 11.0 Å². The Kier molecular flexibility index (Phi) is 3.52. The molecule has 1 heterocycles. The van der Waals surface area contributed by atoms with E-state index >= 15 is 0 Å². The number of hydrogen-bond donors (Lipinski definition) is 1. The molecule has 1 aromatic heterocycles. The van der Waals surface area contributed by atoms with Gasteiger partial charge in [-0.2, -0.15) is 3.96 Å². The molecule has 4 heteroatoms. The third-order valence-electron chi connectivity index (χ3n) is 3.88. The van der Waals surface area contributed by atoms with Crippen molar-refractivity contribution in [1.29, 1.82) is 0 Å². The van der Waals surface area contributed by atoms with Gasteiger partial charge in [0.25, 0.3) is 0 Å². The molecule has 0 aliphatic heterocycles. The van der Waals surface area contributed by atoms with Crippen molar-refractivity contribution in [2.24, 2.45) is 0 Å². The van der Waals surface area contributed by atoms with Crippen LogP contribution in [0.15, 0.2) is 72.8 Å². The molecule has 0 bridgehead atoms. The molecule has 0 saturated carbocycles. The molecule has 0 amide bonds. The van der Waals surface area contributed by atoms with E-state index in [0.717, 1.165) is 17.9 Å². The number of nitrogen functional groups attached to an aromatic ring is 1. The summed E-state index contributed by atoms with van der Waals surface area (Å²) in [6.45, 7) is 0.764. The minimum Gasteiger partial charge on any atom is -0.351 e. The quantitative estimate of drug-likeness (QED) is 0.583. The van der Waals surface area contributed by atoms with Gasteiger partial charge < -0.3 is 5.73 Å². The molecule has 0 unspecified atom stereocenters. The molecule has 112 valence electrons. The van der Waals surface area contributed by atoms with Crippen LogP contribution in [0.25, 0.3) is 22.2 Å². The summed E-state index contributed by atoms with van der Waals surface area (Å²) in [5.41, 5.74) is 8.33. The standard InChI is InChI=1S/C19H15N3S/c20-19-21-18(15-8-2-1-3-9-15)22(23-19)13-16-11-6-10-14-7-4-5-12-17(14)16/h1-12,20H,13H2/p+1. The average molecular weight is 318 g/mol. The largest absolute Gasteiger partial charge is 0.351 e. The van der Waals surface area contributed by atoms with Crippen LogP contribution < -0.4 is 9.69 Å². The van der Waals surface area contributed by atoms with E-state index in [1.54, 1.807) is 0 Å². The first-order valence-electron chi connectivity index (χ1n) is 7.50. The number of fused-ring (bicyclic) bond motifs is 1. The molecule has 4 aromatic rings. The summed E-state index contributed by atoms with van der Waals surface area (Å²) in [5.74, 6) is 0.918. The van der Waals surface area contributed by atoms with Crippen molar-refractivity contribution < 1.29 is 3.96 Å². The Morgan fingerprint density at radius 3 is 2.48 bits per heavy atom. The highest BCUT2D eigenvalue weighted by Gasteiger charge is 2.21. The lowest BCUT2D eigenvalue weighted by atomic mass is 10.0. The lowest BCUT2D eigenvalue weighted by Gasteiger charge is -2.04. The van der Waals surface area contributed by atoms with Crippen LogP contribution in [0.5, 0.6) is 0 Å². The van der Waals surface area contributed by atoms with Gasteiger partial charge in [0.05, 0.1) is 5.56 Å². The van der Waals surface area contributed by atoms with Gasteiger partial charge in [-0.25, -0.2) is 0 Å². The van der Waals surface area contributed by atoms with Crippen LogP contribution in [0.2, 0.25) is 0 Å². The maximum absolute atomic E-state index is 5.97. The second-order valence-electron chi connectivity index (χ2n) is 5.41. The van der Waals surface area contributed by atoms with E-state index in [1.165, 1.54) is 27.9 Å². The molecule has 0 fully saturated rings. The van der Waals surface area contributed by atoms with Gasteiger partial charge in [0.15, 0.2) is 0 Å². The van der Waals surface area contributed by atoms with Gasteiger partial charge in [-0.05, 0) is 27.9 Å². The maximum Gasteiger partial charge on any atom is 0.345 e. The van der Waals surface area contributed by atoms with Gasteiger partial charge in [-0.1, -0.05) is 60.7 Å². The van der Waals surface area contributed by atoms with Crippen molar-refractivity contribution in [3.63, 3.8) is 0 Å². The number of benzene rings is 3. The summed E-state index contributed by atoms with van der Waals surface area (Å²) >= 11 is 1.50. The predicted molar refractivity (Wildman–Crippen MR) is 95.2 cm³/mol. The molecule has 0 saturated heterocycles. The SMILES string of the molecule is Nc1nc(-c2ccccc2)[n+](Cc2cccc3ccccc23)s1. The number of aromatic nitrogens is 2. The zero-order valence-electron chi connectivity index (χ0n) is 12.5. The highest BCUT2D eigenvalue weighted by Crippen LogP contribution is 2.21. The first-order chi connectivity index (χ1) is 11.3. The fourth-order valence-electron chi connectivity index (χ4n) is 2.82. The molecule has 2 N–H and O–H groups in total. The molecule has 0 radical (unpaired) electrons. The third-order valence-corrected chi connectivity index (χ3v) is 4.68. The Morgan fingerprint density at radius 1 is 0.870 bits per heavy atom. The number of hydrogen-bond acceptors (Lipinski definition) is 3. The van der Waals surface area contributed by atoms with E-state index in [2.05, 4.69) is 63.5 Å². The minimum atomic E-state index is 0.587. The molecule has 0 aliphatic rings. The Labute approximate surface area is 138 Å². The van der Waals surface area contributed by atoms with E-state index in [-0.39, 0.29) is 0 Å². The molecule has 23 heavy (non-hydrogen) atoms. The van der Waals surface area contributed by atoms with E-state index in [1.807, 2.05) is 18.2 Å². The number of nitrogens with two attached hydrogens (primary N) is 1. The summed E-state index contributed by atoms with van der Waals surface area (Å²) < 4.78 is 2.16. The Bertz CT molecular complexity index is 955. The number of nitrogens with zero attached hydrogens (tertiary/aromatic N) is 2. The Hall–Kier alpha value is -2.72. The van der Waals surface area contributed by atoms with Crippen LogP contribution in [0, 0.1) is 0 Å². The van der Waals surface area contributed by atoms with Crippen LogP contribution >= 0.6 is 11.5 Å². The van der Waals surface area contributed by atoms with Crippen molar-refractivity contribution in [1.82, 2.24) is 4.98 Å². The molecule has 3 aromatic carbocycles. The second kappa shape index (κ2) is 5.82. The zero-order valence-corrected chi connectivity index (χ0v) is 13.3. The van der Waals surface area contributed by atoms with Gasteiger partial charge in [0.1, 0.15) is 18.1 Å². The predicted octanol–water partition coefficient (Wildman–Crippen LogP) is 3.88. The summed E-state index contributed by atoms with van der Waals surface area (Å²) in [6, 6.07) is 25.0. The topological polar surface area (TPSA) is 42.8 Å². The Morgan fingerprint density at radius 2 is 1.61 bits per heavy atom. The van der Waals surface area contributed by atoms with Crippen LogP contribution in [-0.4, -0.2) is 4.98 Å². The van der Waals surface area contributed by atoms with E-state index < -0.39 is 0 Å². The van der Waals surface area contributed by atoms with Crippen LogP contribution in [0.1, 0.15) is 5.56 Å². The second-order valence-corrected chi connectivity index (χ2v) is 6.45. The molecule has 0 aliphatic carbocycles. The van der Waals surface area contributed by atoms with Crippen LogP contribution in [-0.2, 0) is 6.54 Å². The lowest BCUT2D eigenvalue weighted by molar-refractivity contribution is -0.609. The number of anilines is 1. The smallest absolute Gasteiger partial charge is 0.345 e. The average Bonchev–Trinajstić information content (AvgIpc) is 2.96. The van der Waals surface area contributed by atoms with Crippen molar-refractivity contribution >= 4 is 27.4 Å². The van der Waals surface area contributed by atoms with E-state index in [0.29, 0.717) is 5.13 Å². The molecular formula is C19H16N3S+. The molecule has 4 rings (SSSR count). The fraction of sp³-hybridized carbons (Fsp3) is 0.0526. The summed E-state index contributed by atoms with van der Waals surface area (Å²) in [6.07, 6.45) is 0. The monoisotopic (exact) mass is 318 g/mol. The van der Waals surface area contributed by atoms with Gasteiger partial charge in [0.2, 0.25) is 0 Å².